The van der Waals surface area contributed by atoms with Crippen LogP contribution < -0.4 is 0 Å². The lowest BCUT2D eigenvalue weighted by Crippen LogP contribution is -1.76. The smallest absolute Gasteiger partial charge is 0.0381 e. The third kappa shape index (κ3) is 3.09. The van der Waals surface area contributed by atoms with Crippen molar-refractivity contribution in [2.24, 2.45) is 4.99 Å². The molecule has 0 saturated carbocycles. The van der Waals surface area contributed by atoms with Gasteiger partial charge in [0.05, 0.1) is 0 Å². The van der Waals surface area contributed by atoms with Crippen molar-refractivity contribution in [3.63, 3.8) is 0 Å². The zero-order chi connectivity index (χ0) is 7.28. The summed E-state index contributed by atoms with van der Waals surface area (Å²) in [6.45, 7) is 8.85. The van der Waals surface area contributed by atoms with Crippen molar-refractivity contribution >= 4 is 18.3 Å². The van der Waals surface area contributed by atoms with E-state index in [1.54, 1.807) is 6.20 Å². The largest absolute Gasteiger partial charge is 0.272 e. The van der Waals surface area contributed by atoms with E-state index in [2.05, 4.69) is 18.3 Å². The quantitative estimate of drug-likeness (QED) is 0.426. The normalized spacial score (nSPS) is 11.1. The van der Waals surface area contributed by atoms with E-state index in [0.717, 1.165) is 12.0 Å². The van der Waals surface area contributed by atoms with Crippen molar-refractivity contribution in [2.45, 2.75) is 13.3 Å². The molecule has 0 aromatic heterocycles. The molecule has 0 spiro atoms. The Morgan fingerprint density at radius 1 is 1.78 bits per heavy atom. The summed E-state index contributed by atoms with van der Waals surface area (Å²) < 4.78 is 0. The van der Waals surface area contributed by atoms with E-state index in [0.29, 0.717) is 5.03 Å². The second kappa shape index (κ2) is 4.33. The Kier molecular flexibility index (Phi) is 4.06. The summed E-state index contributed by atoms with van der Waals surface area (Å²) in [4.78, 5) is 3.57. The number of aliphatic imine (C=N–C) groups is 1. The van der Waals surface area contributed by atoms with Crippen LogP contribution in [0, 0.1) is 0 Å². The Morgan fingerprint density at radius 2 is 2.33 bits per heavy atom. The van der Waals surface area contributed by atoms with Gasteiger partial charge in [0.25, 0.3) is 0 Å². The van der Waals surface area contributed by atoms with E-state index in [9.17, 15) is 0 Å². The first-order chi connectivity index (χ1) is 4.22. The Balaban J connectivity index is 4.14. The maximum absolute atomic E-state index is 5.57. The van der Waals surface area contributed by atoms with Gasteiger partial charge in [-0.3, -0.25) is 4.99 Å². The van der Waals surface area contributed by atoms with Crippen molar-refractivity contribution < 1.29 is 0 Å². The van der Waals surface area contributed by atoms with E-state index in [1.807, 2.05) is 6.92 Å². The van der Waals surface area contributed by atoms with Gasteiger partial charge in [-0.15, -0.1) is 0 Å². The first-order valence-corrected chi connectivity index (χ1v) is 3.09. The Labute approximate surface area is 60.7 Å². The summed E-state index contributed by atoms with van der Waals surface area (Å²) in [5, 5.41) is 0.546. The van der Waals surface area contributed by atoms with Gasteiger partial charge in [-0.1, -0.05) is 25.1 Å². The van der Waals surface area contributed by atoms with Gasteiger partial charge in [-0.25, -0.2) is 0 Å². The number of rotatable bonds is 3. The molecule has 0 rings (SSSR count). The predicted octanol–water partition coefficient (Wildman–Crippen LogP) is 2.73. The lowest BCUT2D eigenvalue weighted by atomic mass is 10.2. The molecular weight excluding hydrogens is 134 g/mol. The number of allylic oxidation sites excluding steroid dienone is 2. The summed E-state index contributed by atoms with van der Waals surface area (Å²) >= 11 is 5.57. The van der Waals surface area contributed by atoms with Crippen LogP contribution >= 0.6 is 11.6 Å². The van der Waals surface area contributed by atoms with Crippen LogP contribution in [0.1, 0.15) is 13.3 Å². The lowest BCUT2D eigenvalue weighted by Gasteiger charge is -1.95. The highest BCUT2D eigenvalue weighted by Gasteiger charge is 1.93. The van der Waals surface area contributed by atoms with Crippen LogP contribution in [0.3, 0.4) is 0 Å². The molecule has 0 aliphatic rings. The van der Waals surface area contributed by atoms with Crippen LogP contribution in [0.5, 0.6) is 0 Å². The lowest BCUT2D eigenvalue weighted by molar-refractivity contribution is 1.13. The van der Waals surface area contributed by atoms with E-state index < -0.39 is 0 Å². The van der Waals surface area contributed by atoms with E-state index in [1.165, 1.54) is 0 Å². The number of nitrogens with zero attached hydrogens (tertiary/aromatic N) is 1. The highest BCUT2D eigenvalue weighted by molar-refractivity contribution is 6.31. The number of hydrogen-bond acceptors (Lipinski definition) is 1. The SMILES string of the molecule is C=N/C=C(/CC)C(=C)Cl. The van der Waals surface area contributed by atoms with Gasteiger partial charge < -0.3 is 0 Å². The van der Waals surface area contributed by atoms with Gasteiger partial charge in [0.1, 0.15) is 0 Å². The third-order valence-corrected chi connectivity index (χ3v) is 1.22. The van der Waals surface area contributed by atoms with Gasteiger partial charge in [0, 0.05) is 11.2 Å². The van der Waals surface area contributed by atoms with Gasteiger partial charge in [0.2, 0.25) is 0 Å². The molecule has 0 saturated heterocycles. The second-order valence-corrected chi connectivity index (χ2v) is 2.05. The van der Waals surface area contributed by atoms with Crippen LogP contribution in [-0.4, -0.2) is 6.72 Å². The Bertz CT molecular complexity index is 147. The van der Waals surface area contributed by atoms with Gasteiger partial charge in [-0.05, 0) is 18.7 Å². The molecule has 9 heavy (non-hydrogen) atoms. The summed E-state index contributed by atoms with van der Waals surface area (Å²) in [6.07, 6.45) is 2.47. The molecule has 0 aliphatic carbocycles. The van der Waals surface area contributed by atoms with Crippen molar-refractivity contribution in [3.05, 3.63) is 23.4 Å². The topological polar surface area (TPSA) is 12.4 Å². The molecule has 0 unspecified atom stereocenters. The highest BCUT2D eigenvalue weighted by atomic mass is 35.5. The fourth-order valence-corrected chi connectivity index (χ4v) is 0.646. The molecule has 0 amide bonds. The molecule has 0 aliphatic heterocycles. The van der Waals surface area contributed by atoms with E-state index in [4.69, 9.17) is 11.6 Å². The van der Waals surface area contributed by atoms with Crippen LogP contribution in [0.15, 0.2) is 28.4 Å². The molecule has 2 heteroatoms. The standard InChI is InChI=1S/C7H10ClN/c1-4-7(5-9-3)6(2)8/h5H,2-4H2,1H3/b7-5-. The highest BCUT2D eigenvalue weighted by Crippen LogP contribution is 2.14. The maximum Gasteiger partial charge on any atom is 0.0381 e. The van der Waals surface area contributed by atoms with E-state index >= 15 is 0 Å². The van der Waals surface area contributed by atoms with E-state index in [-0.39, 0.29) is 0 Å². The molecule has 0 heterocycles. The Hall–Kier alpha value is -0.560. The third-order valence-electron chi connectivity index (χ3n) is 0.976. The Morgan fingerprint density at radius 3 is 2.44 bits per heavy atom. The molecule has 0 N–H and O–H groups in total. The molecule has 0 bridgehead atoms. The second-order valence-electron chi connectivity index (χ2n) is 1.60. The first-order valence-electron chi connectivity index (χ1n) is 2.72. The fraction of sp³-hybridized carbons (Fsp3) is 0.286. The van der Waals surface area contributed by atoms with Gasteiger partial charge >= 0.3 is 0 Å². The van der Waals surface area contributed by atoms with Crippen LogP contribution in [0.4, 0.5) is 0 Å². The summed E-state index contributed by atoms with van der Waals surface area (Å²) in [7, 11) is 0. The van der Waals surface area contributed by atoms with Crippen LogP contribution in [0.25, 0.3) is 0 Å². The monoisotopic (exact) mass is 143 g/mol. The molecule has 0 aromatic rings. The van der Waals surface area contributed by atoms with Crippen molar-refractivity contribution in [3.8, 4) is 0 Å². The molecule has 1 nitrogen and oxygen atoms in total. The molecule has 0 atom stereocenters. The summed E-state index contributed by atoms with van der Waals surface area (Å²) in [5.74, 6) is 0. The van der Waals surface area contributed by atoms with Crippen LogP contribution in [0.2, 0.25) is 0 Å². The maximum atomic E-state index is 5.57. The predicted molar refractivity (Wildman–Crippen MR) is 42.9 cm³/mol. The molecule has 0 fully saturated rings. The minimum atomic E-state index is 0.546. The zero-order valence-electron chi connectivity index (χ0n) is 5.52. The molecule has 0 aromatic carbocycles. The van der Waals surface area contributed by atoms with Gasteiger partial charge in [0.15, 0.2) is 0 Å². The molecule has 50 valence electrons. The summed E-state index contributed by atoms with van der Waals surface area (Å²) in [5.41, 5.74) is 0.937. The molecular formula is C7H10ClN. The van der Waals surface area contributed by atoms with Crippen molar-refractivity contribution in [2.75, 3.05) is 0 Å². The molecule has 0 radical (unpaired) electrons. The number of halogens is 1. The first kappa shape index (κ1) is 8.44. The zero-order valence-corrected chi connectivity index (χ0v) is 6.28. The van der Waals surface area contributed by atoms with Crippen molar-refractivity contribution in [1.82, 2.24) is 0 Å². The fourth-order valence-electron chi connectivity index (χ4n) is 0.463. The summed E-state index contributed by atoms with van der Waals surface area (Å²) in [6, 6.07) is 0. The minimum Gasteiger partial charge on any atom is -0.272 e. The average molecular weight is 144 g/mol. The average Bonchev–Trinajstić information content (AvgIpc) is 1.82. The van der Waals surface area contributed by atoms with Gasteiger partial charge in [-0.2, -0.15) is 0 Å². The van der Waals surface area contributed by atoms with Crippen molar-refractivity contribution in [1.29, 1.82) is 0 Å². The number of hydrogen-bond donors (Lipinski definition) is 0. The minimum absolute atomic E-state index is 0.546. The van der Waals surface area contributed by atoms with Crippen LogP contribution in [-0.2, 0) is 0 Å².